The van der Waals surface area contributed by atoms with E-state index >= 15 is 0 Å². The lowest BCUT2D eigenvalue weighted by Gasteiger charge is -2.20. The highest BCUT2D eigenvalue weighted by Gasteiger charge is 2.28. The number of fused-ring (bicyclic) bond motifs is 1. The minimum Gasteiger partial charge on any atom is -0.488 e. The lowest BCUT2D eigenvalue weighted by atomic mass is 9.97. The summed E-state index contributed by atoms with van der Waals surface area (Å²) in [6.45, 7) is -0.515. The smallest absolute Gasteiger partial charge is 0.323 e. The maximum atomic E-state index is 11.4. The van der Waals surface area contributed by atoms with Crippen molar-refractivity contribution in [3.63, 3.8) is 0 Å². The minimum absolute atomic E-state index is 0.0350. The topological polar surface area (TPSA) is 136 Å². The summed E-state index contributed by atoms with van der Waals surface area (Å²) in [5.74, 6) is -0.405. The Morgan fingerprint density at radius 3 is 2.42 bits per heavy atom. The number of nitriles is 2. The average Bonchev–Trinajstić information content (AvgIpc) is 3.44. The summed E-state index contributed by atoms with van der Waals surface area (Å²) in [5, 5.41) is 40.6. The van der Waals surface area contributed by atoms with Crippen molar-refractivity contribution in [2.75, 3.05) is 6.61 Å². The third-order valence-electron chi connectivity index (χ3n) is 7.35. The van der Waals surface area contributed by atoms with E-state index in [-0.39, 0.29) is 19.3 Å². The molecule has 4 aromatic rings. The molecule has 216 valence electrons. The molecule has 0 radical (unpaired) electrons. The van der Waals surface area contributed by atoms with Crippen LogP contribution in [0.2, 0.25) is 5.02 Å². The molecule has 0 saturated heterocycles. The van der Waals surface area contributed by atoms with E-state index < -0.39 is 18.6 Å². The second kappa shape index (κ2) is 13.4. The number of hydrogen-bond acceptors (Lipinski definition) is 7. The number of carbonyl (C=O) groups is 1. The van der Waals surface area contributed by atoms with Crippen LogP contribution in [0.15, 0.2) is 78.9 Å². The molecule has 0 aliphatic heterocycles. The maximum Gasteiger partial charge on any atom is 0.323 e. The number of rotatable bonds is 11. The van der Waals surface area contributed by atoms with Gasteiger partial charge in [-0.1, -0.05) is 60.1 Å². The van der Waals surface area contributed by atoms with Crippen molar-refractivity contribution in [1.29, 1.82) is 10.5 Å². The second-order valence-electron chi connectivity index (χ2n) is 10.2. The highest BCUT2D eigenvalue weighted by molar-refractivity contribution is 6.32. The number of carboxylic acids is 1. The normalized spacial score (nSPS) is 14.3. The number of carboxylic acid groups (broad SMARTS) is 1. The van der Waals surface area contributed by atoms with Crippen LogP contribution in [-0.2, 0) is 24.4 Å². The van der Waals surface area contributed by atoms with Gasteiger partial charge in [0.25, 0.3) is 0 Å². The number of aliphatic hydroxyl groups is 1. The van der Waals surface area contributed by atoms with Crippen molar-refractivity contribution >= 4 is 17.6 Å². The second-order valence-corrected chi connectivity index (χ2v) is 10.6. The summed E-state index contributed by atoms with van der Waals surface area (Å²) >= 11 is 6.70. The van der Waals surface area contributed by atoms with Crippen LogP contribution in [-0.4, -0.2) is 28.8 Å². The Morgan fingerprint density at radius 2 is 1.74 bits per heavy atom. The Hall–Kier alpha value is -4.86. The fourth-order valence-corrected chi connectivity index (χ4v) is 5.48. The van der Waals surface area contributed by atoms with Crippen molar-refractivity contribution in [2.45, 2.75) is 38.1 Å². The summed E-state index contributed by atoms with van der Waals surface area (Å²) in [6.07, 6.45) is 1.38. The number of benzene rings is 4. The van der Waals surface area contributed by atoms with Crippen LogP contribution < -0.4 is 14.8 Å². The molecule has 0 saturated carbocycles. The molecule has 0 heterocycles. The van der Waals surface area contributed by atoms with Gasteiger partial charge in [0, 0.05) is 18.2 Å². The Bertz CT molecular complexity index is 1700. The highest BCUT2D eigenvalue weighted by Crippen LogP contribution is 2.43. The van der Waals surface area contributed by atoms with E-state index in [1.54, 1.807) is 24.3 Å². The molecule has 1 aliphatic rings. The zero-order valence-corrected chi connectivity index (χ0v) is 23.8. The lowest BCUT2D eigenvalue weighted by molar-refractivity contribution is -0.140. The monoisotopic (exact) mass is 593 g/mol. The molecule has 2 atom stereocenters. The summed E-state index contributed by atoms with van der Waals surface area (Å²) in [7, 11) is 0. The molecule has 4 aromatic carbocycles. The van der Waals surface area contributed by atoms with Gasteiger partial charge in [0.15, 0.2) is 0 Å². The van der Waals surface area contributed by atoms with Crippen molar-refractivity contribution in [3.05, 3.63) is 117 Å². The Kier molecular flexibility index (Phi) is 9.24. The van der Waals surface area contributed by atoms with Crippen LogP contribution in [0.4, 0.5) is 0 Å². The number of hydrogen-bond donors (Lipinski definition) is 3. The fraction of sp³-hybridized carbons (Fsp3) is 0.206. The van der Waals surface area contributed by atoms with Crippen LogP contribution in [0.5, 0.6) is 11.5 Å². The van der Waals surface area contributed by atoms with Crippen LogP contribution in [0.25, 0.3) is 11.1 Å². The molecule has 0 amide bonds. The van der Waals surface area contributed by atoms with Crippen LogP contribution >= 0.6 is 11.6 Å². The van der Waals surface area contributed by atoms with Gasteiger partial charge < -0.3 is 19.7 Å². The number of halogens is 1. The maximum absolute atomic E-state index is 11.4. The average molecular weight is 594 g/mol. The Labute approximate surface area is 254 Å². The Morgan fingerprint density at radius 1 is 1.00 bits per heavy atom. The van der Waals surface area contributed by atoms with Gasteiger partial charge in [-0.3, -0.25) is 10.1 Å². The molecular formula is C34H28ClN3O5. The van der Waals surface area contributed by atoms with E-state index in [9.17, 15) is 25.5 Å². The summed E-state index contributed by atoms with van der Waals surface area (Å²) in [4.78, 5) is 11.4. The molecule has 0 bridgehead atoms. The summed E-state index contributed by atoms with van der Waals surface area (Å²) in [5.41, 5.74) is 6.48. The number of nitrogens with one attached hydrogen (secondary N) is 1. The molecule has 8 nitrogen and oxygen atoms in total. The summed E-state index contributed by atoms with van der Waals surface area (Å²) < 4.78 is 12.6. The SMILES string of the molecule is N#Cc1cc(C#N)cc(COc2cc(O[C@H]3CCc4c(-c5ccccc5)cccc43)c(Cl)cc2CNC(CO)C(=O)O)c1. The zero-order valence-electron chi connectivity index (χ0n) is 23.1. The van der Waals surface area contributed by atoms with E-state index in [0.29, 0.717) is 38.8 Å². The first-order valence-corrected chi connectivity index (χ1v) is 14.1. The fourth-order valence-electron chi connectivity index (χ4n) is 5.25. The standard InChI is InChI=1S/C34H28ClN3O5/c35-29-14-25(18-38-30(19-39)34(40)41)32(42-20-23-12-21(16-36)11-22(13-23)17-37)15-33(29)43-31-10-9-27-26(7-4-8-28(27)31)24-5-2-1-3-6-24/h1-8,11-15,30-31,38-39H,9-10,18-20H2,(H,40,41)/t30?,31-/m0/s1. The first kappa shape index (κ1) is 29.6. The molecule has 0 fully saturated rings. The molecule has 0 aromatic heterocycles. The zero-order chi connectivity index (χ0) is 30.3. The Balaban J connectivity index is 1.44. The van der Waals surface area contributed by atoms with E-state index in [0.717, 1.165) is 24.0 Å². The largest absolute Gasteiger partial charge is 0.488 e. The van der Waals surface area contributed by atoms with Crippen molar-refractivity contribution in [2.24, 2.45) is 0 Å². The number of ether oxygens (including phenoxy) is 2. The van der Waals surface area contributed by atoms with E-state index in [2.05, 4.69) is 29.6 Å². The number of nitrogens with zero attached hydrogens (tertiary/aromatic N) is 2. The van der Waals surface area contributed by atoms with E-state index in [1.165, 1.54) is 17.2 Å². The molecule has 3 N–H and O–H groups in total. The van der Waals surface area contributed by atoms with Crippen LogP contribution in [0.3, 0.4) is 0 Å². The van der Waals surface area contributed by atoms with Gasteiger partial charge in [-0.15, -0.1) is 0 Å². The number of aliphatic hydroxyl groups excluding tert-OH is 1. The third-order valence-corrected chi connectivity index (χ3v) is 7.64. The first-order valence-electron chi connectivity index (χ1n) is 13.7. The molecule has 43 heavy (non-hydrogen) atoms. The molecule has 0 spiro atoms. The quantitative estimate of drug-likeness (QED) is 0.195. The molecule has 1 aliphatic carbocycles. The predicted octanol–water partition coefficient (Wildman–Crippen LogP) is 5.93. The van der Waals surface area contributed by atoms with Gasteiger partial charge in [0.1, 0.15) is 30.3 Å². The molecular weight excluding hydrogens is 566 g/mol. The first-order chi connectivity index (χ1) is 20.9. The van der Waals surface area contributed by atoms with Gasteiger partial charge in [0.2, 0.25) is 0 Å². The number of aliphatic carboxylic acids is 1. The van der Waals surface area contributed by atoms with E-state index in [1.807, 2.05) is 36.4 Å². The minimum atomic E-state index is -1.19. The third kappa shape index (κ3) is 6.80. The summed E-state index contributed by atoms with van der Waals surface area (Å²) in [6, 6.07) is 27.4. The highest BCUT2D eigenvalue weighted by atomic mass is 35.5. The van der Waals surface area contributed by atoms with Gasteiger partial charge in [0.05, 0.1) is 34.9 Å². The van der Waals surface area contributed by atoms with Gasteiger partial charge >= 0.3 is 5.97 Å². The lowest BCUT2D eigenvalue weighted by Crippen LogP contribution is -2.39. The predicted molar refractivity (Wildman–Crippen MR) is 161 cm³/mol. The van der Waals surface area contributed by atoms with Crippen molar-refractivity contribution < 1.29 is 24.5 Å². The van der Waals surface area contributed by atoms with Gasteiger partial charge in [-0.25, -0.2) is 0 Å². The molecule has 9 heteroatoms. The molecule has 5 rings (SSSR count). The van der Waals surface area contributed by atoms with E-state index in [4.69, 9.17) is 21.1 Å². The van der Waals surface area contributed by atoms with Gasteiger partial charge in [-0.2, -0.15) is 10.5 Å². The molecule has 1 unspecified atom stereocenters. The van der Waals surface area contributed by atoms with Crippen LogP contribution in [0.1, 0.15) is 45.9 Å². The van der Waals surface area contributed by atoms with Crippen molar-refractivity contribution in [1.82, 2.24) is 5.32 Å². The van der Waals surface area contributed by atoms with Crippen molar-refractivity contribution in [3.8, 4) is 34.8 Å². The van der Waals surface area contributed by atoms with Gasteiger partial charge in [-0.05, 0) is 64.9 Å². The van der Waals surface area contributed by atoms with Crippen LogP contribution in [0, 0.1) is 22.7 Å².